The van der Waals surface area contributed by atoms with Gasteiger partial charge in [0.05, 0.1) is 6.04 Å². The second kappa shape index (κ2) is 16.8. The molecule has 0 aliphatic carbocycles. The van der Waals surface area contributed by atoms with Gasteiger partial charge in [-0.2, -0.15) is 0 Å². The fourth-order valence-electron chi connectivity index (χ4n) is 6.86. The van der Waals surface area contributed by atoms with Crippen LogP contribution >= 0.6 is 12.8 Å². The first-order valence-corrected chi connectivity index (χ1v) is 17.3. The van der Waals surface area contributed by atoms with E-state index in [1.165, 1.54) is 62.8 Å². The molecule has 2 aromatic carbocycles. The van der Waals surface area contributed by atoms with Crippen molar-refractivity contribution in [3.05, 3.63) is 108 Å². The zero-order chi connectivity index (χ0) is 32.8. The SMILES string of the molecule is C=C(C)CCC(C)(C)Cc1c(-c2cccnc2[CH-]C)n(CC)c2ccc(-c3cccc(CC(NS)C(=C)N4CCCCN4)c3)cc12.[Na+]. The van der Waals surface area contributed by atoms with Gasteiger partial charge in [0.2, 0.25) is 0 Å². The van der Waals surface area contributed by atoms with Crippen molar-refractivity contribution in [2.45, 2.75) is 85.7 Å². The molecule has 3 heterocycles. The van der Waals surface area contributed by atoms with Crippen molar-refractivity contribution in [1.82, 2.24) is 24.7 Å². The Bertz CT molecular complexity index is 1680. The van der Waals surface area contributed by atoms with E-state index in [0.29, 0.717) is 0 Å². The van der Waals surface area contributed by atoms with E-state index < -0.39 is 0 Å². The van der Waals surface area contributed by atoms with Gasteiger partial charge < -0.3 is 9.58 Å². The number of aryl methyl sites for hydroxylation is 1. The van der Waals surface area contributed by atoms with Crippen LogP contribution in [0.25, 0.3) is 33.3 Å². The molecule has 0 saturated carbocycles. The molecule has 1 aliphatic rings. The van der Waals surface area contributed by atoms with Crippen molar-refractivity contribution >= 4 is 23.7 Å². The third kappa shape index (κ3) is 8.78. The summed E-state index contributed by atoms with van der Waals surface area (Å²) in [4.78, 5) is 4.76. The molecule has 1 fully saturated rings. The minimum Gasteiger partial charge on any atom is -0.357 e. The maximum absolute atomic E-state index is 4.76. The van der Waals surface area contributed by atoms with Crippen LogP contribution < -0.4 is 39.7 Å². The fraction of sp³-hybridized carbons (Fsp3) is 0.400. The molecule has 47 heavy (non-hydrogen) atoms. The molecule has 5 rings (SSSR count). The van der Waals surface area contributed by atoms with Crippen LogP contribution in [0.3, 0.4) is 0 Å². The molecule has 1 aliphatic heterocycles. The van der Waals surface area contributed by atoms with Crippen LogP contribution in [-0.4, -0.2) is 33.7 Å². The fourth-order valence-corrected chi connectivity index (χ4v) is 7.10. The number of allylic oxidation sites excluding steroid dienone is 1. The first-order chi connectivity index (χ1) is 22.2. The van der Waals surface area contributed by atoms with Gasteiger partial charge in [-0.05, 0) is 97.9 Å². The summed E-state index contributed by atoms with van der Waals surface area (Å²) in [5.74, 6) is 0. The Morgan fingerprint density at radius 3 is 2.57 bits per heavy atom. The molecule has 0 radical (unpaired) electrons. The number of aromatic nitrogens is 2. The summed E-state index contributed by atoms with van der Waals surface area (Å²) >= 11 is 4.50. The topological polar surface area (TPSA) is 45.1 Å². The number of nitrogens with one attached hydrogen (secondary N) is 2. The van der Waals surface area contributed by atoms with Crippen LogP contribution in [0.15, 0.2) is 85.2 Å². The van der Waals surface area contributed by atoms with Gasteiger partial charge in [-0.1, -0.05) is 80.9 Å². The third-order valence-electron chi connectivity index (χ3n) is 9.45. The number of nitrogens with zero attached hydrogens (tertiary/aromatic N) is 3. The van der Waals surface area contributed by atoms with Gasteiger partial charge in [0.15, 0.2) is 0 Å². The van der Waals surface area contributed by atoms with Crippen molar-refractivity contribution in [1.29, 1.82) is 0 Å². The molecule has 7 heteroatoms. The van der Waals surface area contributed by atoms with Gasteiger partial charge in [0, 0.05) is 42.4 Å². The van der Waals surface area contributed by atoms with Crippen molar-refractivity contribution in [2.75, 3.05) is 13.1 Å². The normalized spacial score (nSPS) is 14.1. The largest absolute Gasteiger partial charge is 1.00 e. The van der Waals surface area contributed by atoms with Crippen molar-refractivity contribution < 1.29 is 29.6 Å². The molecule has 0 bridgehead atoms. The first kappa shape index (κ1) is 37.4. The zero-order valence-corrected chi connectivity index (χ0v) is 32.4. The van der Waals surface area contributed by atoms with Gasteiger partial charge in [-0.3, -0.25) is 9.71 Å². The molecule has 0 spiro atoms. The molecule has 1 saturated heterocycles. The zero-order valence-electron chi connectivity index (χ0n) is 29.5. The summed E-state index contributed by atoms with van der Waals surface area (Å²) < 4.78 is 5.71. The van der Waals surface area contributed by atoms with Crippen LogP contribution in [-0.2, 0) is 19.4 Å². The molecule has 2 aromatic heterocycles. The predicted octanol–water partition coefficient (Wildman–Crippen LogP) is 6.35. The number of benzene rings is 2. The Balaban J connectivity index is 0.00000500. The molecule has 1 unspecified atom stereocenters. The van der Waals surface area contributed by atoms with Crippen LogP contribution in [0.5, 0.6) is 0 Å². The minimum absolute atomic E-state index is 0. The summed E-state index contributed by atoms with van der Waals surface area (Å²) in [7, 11) is 0. The van der Waals surface area contributed by atoms with Gasteiger partial charge in [-0.25, -0.2) is 11.8 Å². The van der Waals surface area contributed by atoms with E-state index in [9.17, 15) is 0 Å². The van der Waals surface area contributed by atoms with Crippen molar-refractivity contribution in [3.8, 4) is 22.4 Å². The summed E-state index contributed by atoms with van der Waals surface area (Å²) in [6.45, 7) is 22.7. The first-order valence-electron chi connectivity index (χ1n) is 16.9. The maximum atomic E-state index is 4.76. The second-order valence-electron chi connectivity index (χ2n) is 13.7. The van der Waals surface area contributed by atoms with E-state index >= 15 is 0 Å². The quantitative estimate of drug-likeness (QED) is 0.0641. The Hall–Kier alpha value is -2.45. The van der Waals surface area contributed by atoms with E-state index in [-0.39, 0.29) is 41.0 Å². The predicted molar refractivity (Wildman–Crippen MR) is 200 cm³/mol. The van der Waals surface area contributed by atoms with Crippen molar-refractivity contribution in [2.24, 2.45) is 5.41 Å². The number of pyridine rings is 1. The van der Waals surface area contributed by atoms with Gasteiger partial charge in [0.25, 0.3) is 0 Å². The van der Waals surface area contributed by atoms with Crippen LogP contribution in [0, 0.1) is 11.8 Å². The molecule has 4 aromatic rings. The van der Waals surface area contributed by atoms with E-state index in [0.717, 1.165) is 56.7 Å². The minimum atomic E-state index is 0. The second-order valence-corrected chi connectivity index (χ2v) is 13.9. The summed E-state index contributed by atoms with van der Waals surface area (Å²) in [5.41, 5.74) is 15.8. The van der Waals surface area contributed by atoms with Crippen LogP contribution in [0.1, 0.15) is 77.1 Å². The van der Waals surface area contributed by atoms with E-state index in [2.05, 4.69) is 141 Å². The number of hydrogen-bond donors (Lipinski definition) is 3. The maximum Gasteiger partial charge on any atom is 1.00 e. The van der Waals surface area contributed by atoms with Gasteiger partial charge in [0.1, 0.15) is 0 Å². The average Bonchev–Trinajstić information content (AvgIpc) is 3.37. The van der Waals surface area contributed by atoms with Crippen LogP contribution in [0.4, 0.5) is 0 Å². The Morgan fingerprint density at radius 2 is 1.89 bits per heavy atom. The molecule has 5 nitrogen and oxygen atoms in total. The van der Waals surface area contributed by atoms with Crippen LogP contribution in [0.2, 0.25) is 0 Å². The number of fused-ring (bicyclic) bond motifs is 1. The van der Waals surface area contributed by atoms with Gasteiger partial charge >= 0.3 is 29.6 Å². The molecular formula is C40H52N5NaS. The Morgan fingerprint density at radius 1 is 1.11 bits per heavy atom. The van der Waals surface area contributed by atoms with Gasteiger partial charge in [-0.15, -0.1) is 25.1 Å². The monoisotopic (exact) mass is 657 g/mol. The molecule has 0 amide bonds. The number of thiol groups is 1. The summed E-state index contributed by atoms with van der Waals surface area (Å²) in [6.07, 6.45) is 10.3. The molecule has 1 atom stereocenters. The summed E-state index contributed by atoms with van der Waals surface area (Å²) in [5, 5.41) is 3.52. The number of hydrogen-bond acceptors (Lipinski definition) is 5. The van der Waals surface area contributed by atoms with E-state index in [4.69, 9.17) is 4.98 Å². The number of hydrazine groups is 1. The van der Waals surface area contributed by atoms with E-state index in [1.54, 1.807) is 0 Å². The molecule has 244 valence electrons. The molecular weight excluding hydrogens is 606 g/mol. The third-order valence-corrected chi connectivity index (χ3v) is 9.76. The standard InChI is InChI=1S/C40H52N5S.Na/c1-8-36-33(16-13-21-41-36)39-35(27-40(6,7)20-19-28(3)4)34-26-32(17-18-38(34)44(39)9-2)31-15-12-14-30(24-31)25-37(43-46)29(5)45-23-11-10-22-42-45;/h8,12-18,21,24,26,37,42-43,46H,3,5,9-11,19-20,22-23,25,27H2,1-2,4,6-7H3;/q-1;+1. The smallest absolute Gasteiger partial charge is 0.357 e. The summed E-state index contributed by atoms with van der Waals surface area (Å²) in [6, 6.07) is 20.3. The molecule has 2 N–H and O–H groups in total. The Labute approximate surface area is 311 Å². The van der Waals surface area contributed by atoms with E-state index in [1.807, 2.05) is 6.20 Å². The number of rotatable bonds is 14. The van der Waals surface area contributed by atoms with Crippen molar-refractivity contribution in [3.63, 3.8) is 0 Å². The Kier molecular flexibility index (Phi) is 13.3. The average molecular weight is 658 g/mol.